The van der Waals surface area contributed by atoms with Crippen LogP contribution in [0.2, 0.25) is 0 Å². The van der Waals surface area contributed by atoms with Crippen LogP contribution in [-0.4, -0.2) is 41.6 Å². The predicted molar refractivity (Wildman–Crippen MR) is 84.7 cm³/mol. The number of carboxylic acids is 1. The molecule has 0 radical (unpaired) electrons. The average molecular weight is 353 g/mol. The molecule has 7 heteroatoms. The van der Waals surface area contributed by atoms with E-state index in [-0.39, 0.29) is 17.7 Å². The zero-order valence-electron chi connectivity index (χ0n) is 13.8. The molecule has 25 heavy (non-hydrogen) atoms. The van der Waals surface area contributed by atoms with Crippen LogP contribution >= 0.6 is 0 Å². The van der Waals surface area contributed by atoms with Crippen LogP contribution in [0.1, 0.15) is 37.4 Å². The molecule has 2 aliphatic rings. The van der Waals surface area contributed by atoms with Crippen LogP contribution in [0, 0.1) is 23.5 Å². The Balaban J connectivity index is 1.62. The Labute approximate surface area is 144 Å². The topological polar surface area (TPSA) is 66.8 Å². The quantitative estimate of drug-likeness (QED) is 0.907. The number of ether oxygens (including phenoxy) is 1. The third-order valence-electron chi connectivity index (χ3n) is 5.12. The predicted octanol–water partition coefficient (Wildman–Crippen LogP) is 2.76. The Kier molecular flexibility index (Phi) is 5.32. The lowest BCUT2D eigenvalue weighted by Gasteiger charge is -2.36. The summed E-state index contributed by atoms with van der Waals surface area (Å²) >= 11 is 0. The summed E-state index contributed by atoms with van der Waals surface area (Å²) in [6, 6.07) is 3.63. The van der Waals surface area contributed by atoms with Gasteiger partial charge in [0.05, 0.1) is 19.1 Å². The number of rotatable bonds is 3. The molecule has 1 N–H and O–H groups in total. The lowest BCUT2D eigenvalue weighted by atomic mass is 9.81. The first-order valence-electron chi connectivity index (χ1n) is 8.54. The molecule has 1 saturated carbocycles. The van der Waals surface area contributed by atoms with E-state index >= 15 is 0 Å². The van der Waals surface area contributed by atoms with Crippen LogP contribution in [0.25, 0.3) is 0 Å². The average Bonchev–Trinajstić information content (AvgIpc) is 2.63. The smallest absolute Gasteiger partial charge is 0.306 e. The lowest BCUT2D eigenvalue weighted by molar-refractivity contribution is -0.148. The van der Waals surface area contributed by atoms with Crippen LogP contribution in [0.15, 0.2) is 18.2 Å². The third kappa shape index (κ3) is 3.98. The monoisotopic (exact) mass is 353 g/mol. The van der Waals surface area contributed by atoms with Gasteiger partial charge in [-0.05, 0) is 43.4 Å². The van der Waals surface area contributed by atoms with Gasteiger partial charge in [0.15, 0.2) is 11.6 Å². The summed E-state index contributed by atoms with van der Waals surface area (Å²) in [4.78, 5) is 25.4. The van der Waals surface area contributed by atoms with Crippen LogP contribution < -0.4 is 0 Å². The zero-order valence-corrected chi connectivity index (χ0v) is 13.8. The third-order valence-corrected chi connectivity index (χ3v) is 5.12. The Bertz CT molecular complexity index is 658. The summed E-state index contributed by atoms with van der Waals surface area (Å²) in [5.41, 5.74) is 0.506. The molecule has 1 aliphatic carbocycles. The number of morpholine rings is 1. The standard InChI is InChI=1S/C18H21F2NO4/c19-14-6-5-13(9-15(14)20)16-10-21(7-8-25-16)17(22)11-1-3-12(4-2-11)18(23)24/h5-6,9,11-12,16H,1-4,7-8,10H2,(H,23,24). The van der Waals surface area contributed by atoms with E-state index < -0.39 is 23.7 Å². The molecule has 1 heterocycles. The molecule has 0 spiro atoms. The fourth-order valence-corrected chi connectivity index (χ4v) is 3.61. The molecule has 1 amide bonds. The van der Waals surface area contributed by atoms with Gasteiger partial charge >= 0.3 is 5.97 Å². The van der Waals surface area contributed by atoms with E-state index in [2.05, 4.69) is 0 Å². The van der Waals surface area contributed by atoms with Crippen molar-refractivity contribution in [2.45, 2.75) is 31.8 Å². The number of amides is 1. The highest BCUT2D eigenvalue weighted by molar-refractivity contribution is 5.79. The van der Waals surface area contributed by atoms with E-state index in [9.17, 15) is 18.4 Å². The molecule has 2 fully saturated rings. The molecule has 1 aromatic rings. The van der Waals surface area contributed by atoms with E-state index in [1.165, 1.54) is 6.07 Å². The van der Waals surface area contributed by atoms with Gasteiger partial charge in [0.2, 0.25) is 5.91 Å². The van der Waals surface area contributed by atoms with Crippen molar-refractivity contribution in [2.24, 2.45) is 11.8 Å². The molecule has 136 valence electrons. The van der Waals surface area contributed by atoms with Crippen molar-refractivity contribution in [1.29, 1.82) is 0 Å². The molecule has 3 rings (SSSR count). The number of halogens is 2. The molecular formula is C18H21F2NO4. The zero-order chi connectivity index (χ0) is 18.0. The summed E-state index contributed by atoms with van der Waals surface area (Å²) in [5.74, 6) is -3.17. The first-order valence-corrected chi connectivity index (χ1v) is 8.54. The van der Waals surface area contributed by atoms with Gasteiger partial charge in [0.25, 0.3) is 0 Å². The largest absolute Gasteiger partial charge is 0.481 e. The Hall–Kier alpha value is -2.02. The summed E-state index contributed by atoms with van der Waals surface area (Å²) < 4.78 is 32.1. The first-order chi connectivity index (χ1) is 12.0. The van der Waals surface area contributed by atoms with Gasteiger partial charge in [-0.1, -0.05) is 6.07 Å². The van der Waals surface area contributed by atoms with E-state index in [0.29, 0.717) is 50.9 Å². The van der Waals surface area contributed by atoms with Crippen LogP contribution in [0.3, 0.4) is 0 Å². The van der Waals surface area contributed by atoms with Gasteiger partial charge in [0, 0.05) is 12.5 Å². The minimum Gasteiger partial charge on any atom is -0.481 e. The normalized spacial score (nSPS) is 27.1. The fourth-order valence-electron chi connectivity index (χ4n) is 3.61. The summed E-state index contributed by atoms with van der Waals surface area (Å²) in [5, 5.41) is 9.05. The highest BCUT2D eigenvalue weighted by Gasteiger charge is 2.34. The molecule has 0 aromatic heterocycles. The van der Waals surface area contributed by atoms with Crippen molar-refractivity contribution in [3.63, 3.8) is 0 Å². The first kappa shape index (κ1) is 17.8. The van der Waals surface area contributed by atoms with Crippen molar-refractivity contribution in [3.05, 3.63) is 35.4 Å². The van der Waals surface area contributed by atoms with Crippen molar-refractivity contribution in [1.82, 2.24) is 4.90 Å². The second kappa shape index (κ2) is 7.47. The molecular weight excluding hydrogens is 332 g/mol. The highest BCUT2D eigenvalue weighted by Crippen LogP contribution is 2.32. The van der Waals surface area contributed by atoms with Gasteiger partial charge in [-0.2, -0.15) is 0 Å². The maximum absolute atomic E-state index is 13.4. The van der Waals surface area contributed by atoms with Crippen molar-refractivity contribution >= 4 is 11.9 Å². The molecule has 1 saturated heterocycles. The number of hydrogen-bond donors (Lipinski definition) is 1. The van der Waals surface area contributed by atoms with E-state index in [0.717, 1.165) is 12.1 Å². The highest BCUT2D eigenvalue weighted by atomic mass is 19.2. The number of carbonyl (C=O) groups is 2. The maximum atomic E-state index is 13.4. The summed E-state index contributed by atoms with van der Waals surface area (Å²) in [7, 11) is 0. The van der Waals surface area contributed by atoms with Crippen LogP contribution in [-0.2, 0) is 14.3 Å². The molecule has 1 aliphatic heterocycles. The second-order valence-electron chi connectivity index (χ2n) is 6.70. The SMILES string of the molecule is O=C(O)C1CCC(C(=O)N2CCOC(c3ccc(F)c(F)c3)C2)CC1. The van der Waals surface area contributed by atoms with Gasteiger partial charge in [0.1, 0.15) is 6.10 Å². The van der Waals surface area contributed by atoms with Crippen LogP contribution in [0.4, 0.5) is 8.78 Å². The van der Waals surface area contributed by atoms with Crippen molar-refractivity contribution < 1.29 is 28.2 Å². The van der Waals surface area contributed by atoms with Crippen molar-refractivity contribution in [3.8, 4) is 0 Å². The van der Waals surface area contributed by atoms with Gasteiger partial charge in [-0.15, -0.1) is 0 Å². The molecule has 0 bridgehead atoms. The lowest BCUT2D eigenvalue weighted by Crippen LogP contribution is -2.45. The molecule has 1 atom stereocenters. The van der Waals surface area contributed by atoms with Gasteiger partial charge in [-0.3, -0.25) is 9.59 Å². The number of carboxylic acid groups (broad SMARTS) is 1. The van der Waals surface area contributed by atoms with E-state index in [1.54, 1.807) is 4.90 Å². The van der Waals surface area contributed by atoms with Crippen LogP contribution in [0.5, 0.6) is 0 Å². The fraction of sp³-hybridized carbons (Fsp3) is 0.556. The second-order valence-corrected chi connectivity index (χ2v) is 6.70. The molecule has 1 aromatic carbocycles. The summed E-state index contributed by atoms with van der Waals surface area (Å²) in [6.07, 6.45) is 1.69. The minimum atomic E-state index is -0.934. The summed E-state index contributed by atoms with van der Waals surface area (Å²) in [6.45, 7) is 1.08. The molecule has 1 unspecified atom stereocenters. The number of benzene rings is 1. The Morgan fingerprint density at radius 1 is 1.08 bits per heavy atom. The van der Waals surface area contributed by atoms with E-state index in [1.807, 2.05) is 0 Å². The maximum Gasteiger partial charge on any atom is 0.306 e. The Morgan fingerprint density at radius 3 is 2.40 bits per heavy atom. The molecule has 5 nitrogen and oxygen atoms in total. The van der Waals surface area contributed by atoms with E-state index in [4.69, 9.17) is 9.84 Å². The van der Waals surface area contributed by atoms with Gasteiger partial charge < -0.3 is 14.7 Å². The number of hydrogen-bond acceptors (Lipinski definition) is 3. The number of nitrogens with zero attached hydrogens (tertiary/aromatic N) is 1. The number of aliphatic carboxylic acids is 1. The number of carbonyl (C=O) groups excluding carboxylic acids is 1. The minimum absolute atomic E-state index is 0.000257. The van der Waals surface area contributed by atoms with Crippen molar-refractivity contribution in [2.75, 3.05) is 19.7 Å². The Morgan fingerprint density at radius 2 is 1.76 bits per heavy atom. The van der Waals surface area contributed by atoms with Gasteiger partial charge in [-0.25, -0.2) is 8.78 Å².